The standard InChI is InChI=1S/C12H12FN3/c1-8-14-12-7-6-11(16(12)15-8)9-4-2-3-5-10(9)13/h2-5,11H,6-7H2,1H3. The normalized spacial score (nSPS) is 18.8. The number of hydrogen-bond donors (Lipinski definition) is 0. The van der Waals surface area contributed by atoms with E-state index in [9.17, 15) is 4.39 Å². The second-order valence-corrected chi connectivity index (χ2v) is 4.10. The predicted molar refractivity (Wildman–Crippen MR) is 57.6 cm³/mol. The van der Waals surface area contributed by atoms with Gasteiger partial charge in [0.1, 0.15) is 17.5 Å². The van der Waals surface area contributed by atoms with E-state index in [0.717, 1.165) is 24.5 Å². The SMILES string of the molecule is Cc1nc2n(n1)C(c1ccccc1F)CC2. The summed E-state index contributed by atoms with van der Waals surface area (Å²) in [4.78, 5) is 4.33. The third-order valence-corrected chi connectivity index (χ3v) is 3.01. The minimum absolute atomic E-state index is 0.0115. The van der Waals surface area contributed by atoms with Crippen LogP contribution in [-0.4, -0.2) is 14.8 Å². The quantitative estimate of drug-likeness (QED) is 0.733. The van der Waals surface area contributed by atoms with Gasteiger partial charge in [-0.25, -0.2) is 14.1 Å². The molecule has 0 fully saturated rings. The summed E-state index contributed by atoms with van der Waals surface area (Å²) in [5.74, 6) is 1.57. The Morgan fingerprint density at radius 1 is 1.38 bits per heavy atom. The van der Waals surface area contributed by atoms with Crippen LogP contribution in [0.25, 0.3) is 0 Å². The van der Waals surface area contributed by atoms with Crippen molar-refractivity contribution >= 4 is 0 Å². The maximum atomic E-state index is 13.7. The maximum absolute atomic E-state index is 13.7. The number of halogens is 1. The van der Waals surface area contributed by atoms with E-state index in [0.29, 0.717) is 5.56 Å². The molecule has 0 amide bonds. The number of aromatic nitrogens is 3. The van der Waals surface area contributed by atoms with E-state index in [1.54, 1.807) is 6.07 Å². The third-order valence-electron chi connectivity index (χ3n) is 3.01. The fraction of sp³-hybridized carbons (Fsp3) is 0.333. The van der Waals surface area contributed by atoms with E-state index in [2.05, 4.69) is 10.1 Å². The van der Waals surface area contributed by atoms with Crippen molar-refractivity contribution in [2.24, 2.45) is 0 Å². The van der Waals surface area contributed by atoms with Crippen molar-refractivity contribution in [2.75, 3.05) is 0 Å². The molecular formula is C12H12FN3. The molecule has 3 rings (SSSR count). The van der Waals surface area contributed by atoms with Gasteiger partial charge in [0, 0.05) is 12.0 Å². The molecule has 1 aromatic heterocycles. The number of rotatable bonds is 1. The molecule has 3 nitrogen and oxygen atoms in total. The summed E-state index contributed by atoms with van der Waals surface area (Å²) in [6, 6.07) is 6.91. The fourth-order valence-electron chi connectivity index (χ4n) is 2.31. The lowest BCUT2D eigenvalue weighted by Crippen LogP contribution is -2.09. The van der Waals surface area contributed by atoms with Gasteiger partial charge in [-0.1, -0.05) is 18.2 Å². The van der Waals surface area contributed by atoms with Crippen LogP contribution in [0.1, 0.15) is 29.7 Å². The van der Waals surface area contributed by atoms with Crippen molar-refractivity contribution < 1.29 is 4.39 Å². The first-order chi connectivity index (χ1) is 7.75. The Morgan fingerprint density at radius 3 is 3.00 bits per heavy atom. The van der Waals surface area contributed by atoms with Gasteiger partial charge in [-0.05, 0) is 19.4 Å². The molecule has 4 heteroatoms. The summed E-state index contributed by atoms with van der Waals surface area (Å²) >= 11 is 0. The van der Waals surface area contributed by atoms with Gasteiger partial charge < -0.3 is 0 Å². The Bertz CT molecular complexity index is 533. The van der Waals surface area contributed by atoms with Crippen molar-refractivity contribution in [3.8, 4) is 0 Å². The zero-order valence-corrected chi connectivity index (χ0v) is 9.02. The van der Waals surface area contributed by atoms with Crippen molar-refractivity contribution in [2.45, 2.75) is 25.8 Å². The lowest BCUT2D eigenvalue weighted by molar-refractivity contribution is 0.511. The monoisotopic (exact) mass is 217 g/mol. The highest BCUT2D eigenvalue weighted by Crippen LogP contribution is 2.31. The summed E-state index contributed by atoms with van der Waals surface area (Å²) in [7, 11) is 0. The smallest absolute Gasteiger partial charge is 0.147 e. The van der Waals surface area contributed by atoms with Crippen molar-refractivity contribution in [1.29, 1.82) is 0 Å². The molecule has 0 aliphatic carbocycles. The molecule has 1 atom stereocenters. The summed E-state index contributed by atoms with van der Waals surface area (Å²) in [6.07, 6.45) is 1.76. The Labute approximate surface area is 92.9 Å². The average Bonchev–Trinajstić information content (AvgIpc) is 2.78. The van der Waals surface area contributed by atoms with E-state index in [4.69, 9.17) is 0 Å². The van der Waals surface area contributed by atoms with Crippen LogP contribution in [0, 0.1) is 12.7 Å². The van der Waals surface area contributed by atoms with Crippen LogP contribution >= 0.6 is 0 Å². The molecular weight excluding hydrogens is 205 g/mol. The molecule has 1 aliphatic rings. The highest BCUT2D eigenvalue weighted by Gasteiger charge is 2.27. The van der Waals surface area contributed by atoms with Crippen LogP contribution in [-0.2, 0) is 6.42 Å². The Kier molecular flexibility index (Phi) is 2.02. The van der Waals surface area contributed by atoms with Crippen molar-refractivity contribution in [3.63, 3.8) is 0 Å². The van der Waals surface area contributed by atoms with E-state index in [1.165, 1.54) is 6.07 Å². The molecule has 2 aromatic rings. The van der Waals surface area contributed by atoms with Crippen molar-refractivity contribution in [3.05, 3.63) is 47.3 Å². The van der Waals surface area contributed by atoms with E-state index in [-0.39, 0.29) is 11.9 Å². The van der Waals surface area contributed by atoms with Gasteiger partial charge in [0.2, 0.25) is 0 Å². The van der Waals surface area contributed by atoms with Crippen LogP contribution in [0.3, 0.4) is 0 Å². The lowest BCUT2D eigenvalue weighted by atomic mass is 10.0. The second-order valence-electron chi connectivity index (χ2n) is 4.10. The van der Waals surface area contributed by atoms with Gasteiger partial charge in [-0.2, -0.15) is 5.10 Å². The van der Waals surface area contributed by atoms with Crippen LogP contribution in [0.15, 0.2) is 24.3 Å². The maximum Gasteiger partial charge on any atom is 0.147 e. The Morgan fingerprint density at radius 2 is 2.19 bits per heavy atom. The van der Waals surface area contributed by atoms with E-state index >= 15 is 0 Å². The summed E-state index contributed by atoms with van der Waals surface area (Å²) < 4.78 is 15.5. The predicted octanol–water partition coefficient (Wildman–Crippen LogP) is 2.26. The number of aryl methyl sites for hydroxylation is 2. The molecule has 0 spiro atoms. The minimum Gasteiger partial charge on any atom is -0.242 e. The van der Waals surface area contributed by atoms with Gasteiger partial charge in [-0.15, -0.1) is 0 Å². The van der Waals surface area contributed by atoms with Crippen molar-refractivity contribution in [1.82, 2.24) is 14.8 Å². The summed E-state index contributed by atoms with van der Waals surface area (Å²) in [6.45, 7) is 1.86. The van der Waals surface area contributed by atoms with E-state index < -0.39 is 0 Å². The minimum atomic E-state index is -0.159. The molecule has 0 N–H and O–H groups in total. The van der Waals surface area contributed by atoms with Gasteiger partial charge in [0.05, 0.1) is 6.04 Å². The molecule has 0 saturated heterocycles. The molecule has 2 heterocycles. The largest absolute Gasteiger partial charge is 0.242 e. The number of nitrogens with zero attached hydrogens (tertiary/aromatic N) is 3. The molecule has 16 heavy (non-hydrogen) atoms. The van der Waals surface area contributed by atoms with Crippen LogP contribution in [0.2, 0.25) is 0 Å². The molecule has 0 bridgehead atoms. The zero-order chi connectivity index (χ0) is 11.1. The molecule has 1 aromatic carbocycles. The van der Waals surface area contributed by atoms with Crippen LogP contribution < -0.4 is 0 Å². The van der Waals surface area contributed by atoms with Crippen LogP contribution in [0.4, 0.5) is 4.39 Å². The summed E-state index contributed by atoms with van der Waals surface area (Å²) in [5, 5.41) is 4.33. The van der Waals surface area contributed by atoms with E-state index in [1.807, 2.05) is 23.7 Å². The lowest BCUT2D eigenvalue weighted by Gasteiger charge is -2.12. The van der Waals surface area contributed by atoms with Gasteiger partial charge in [0.15, 0.2) is 0 Å². The first-order valence-corrected chi connectivity index (χ1v) is 5.42. The zero-order valence-electron chi connectivity index (χ0n) is 9.02. The Balaban J connectivity index is 2.07. The first kappa shape index (κ1) is 9.51. The topological polar surface area (TPSA) is 30.7 Å². The molecule has 82 valence electrons. The fourth-order valence-corrected chi connectivity index (χ4v) is 2.31. The van der Waals surface area contributed by atoms with Gasteiger partial charge in [-0.3, -0.25) is 0 Å². The molecule has 0 saturated carbocycles. The highest BCUT2D eigenvalue weighted by molar-refractivity contribution is 5.24. The highest BCUT2D eigenvalue weighted by atomic mass is 19.1. The third kappa shape index (κ3) is 1.33. The molecule has 1 unspecified atom stereocenters. The molecule has 0 radical (unpaired) electrons. The van der Waals surface area contributed by atoms with Crippen LogP contribution in [0.5, 0.6) is 0 Å². The van der Waals surface area contributed by atoms with Gasteiger partial charge in [0.25, 0.3) is 0 Å². The number of hydrogen-bond acceptors (Lipinski definition) is 2. The summed E-state index contributed by atoms with van der Waals surface area (Å²) in [5.41, 5.74) is 0.714. The first-order valence-electron chi connectivity index (χ1n) is 5.42. The number of fused-ring (bicyclic) bond motifs is 1. The van der Waals surface area contributed by atoms with Gasteiger partial charge >= 0.3 is 0 Å². The Hall–Kier alpha value is -1.71. The number of benzene rings is 1. The average molecular weight is 217 g/mol. The molecule has 1 aliphatic heterocycles. The second kappa shape index (κ2) is 3.40.